The summed E-state index contributed by atoms with van der Waals surface area (Å²) < 4.78 is 5.71. The normalized spacial score (nSPS) is 13.8. The Morgan fingerprint density at radius 2 is 1.68 bits per heavy atom. The first kappa shape index (κ1) is 13.6. The lowest BCUT2D eigenvalue weighted by molar-refractivity contribution is 0.0769. The van der Waals surface area contributed by atoms with E-state index < -0.39 is 6.10 Å². The summed E-state index contributed by atoms with van der Waals surface area (Å²) in [5.74, 6) is 1.23. The van der Waals surface area contributed by atoms with E-state index in [1.807, 2.05) is 48.5 Å². The van der Waals surface area contributed by atoms with Gasteiger partial charge in [-0.3, -0.25) is 0 Å². The highest BCUT2D eigenvalue weighted by Gasteiger charge is 2.15. The van der Waals surface area contributed by atoms with Gasteiger partial charge in [-0.2, -0.15) is 0 Å². The Balaban J connectivity index is 2.15. The van der Waals surface area contributed by atoms with Crippen molar-refractivity contribution in [2.75, 3.05) is 6.61 Å². The second kappa shape index (κ2) is 6.36. The molecule has 3 heteroatoms. The van der Waals surface area contributed by atoms with Gasteiger partial charge in [-0.25, -0.2) is 0 Å². The smallest absolute Gasteiger partial charge is 0.127 e. The standard InChI is InChI=1S/C16H18O3/c1-12(11-17)16(18)13-6-5-9-15(10-13)19-14-7-3-2-4-8-14/h2-10,12,16-18H,11H2,1H3. The lowest BCUT2D eigenvalue weighted by Crippen LogP contribution is -2.12. The van der Waals surface area contributed by atoms with Gasteiger partial charge < -0.3 is 14.9 Å². The van der Waals surface area contributed by atoms with Gasteiger partial charge in [-0.05, 0) is 29.8 Å². The van der Waals surface area contributed by atoms with E-state index in [1.165, 1.54) is 0 Å². The molecule has 0 amide bonds. The van der Waals surface area contributed by atoms with Crippen LogP contribution in [0.1, 0.15) is 18.6 Å². The molecular formula is C16H18O3. The third-order valence-corrected chi connectivity index (χ3v) is 3.01. The fourth-order valence-corrected chi connectivity index (χ4v) is 1.82. The molecule has 0 aliphatic carbocycles. The highest BCUT2D eigenvalue weighted by atomic mass is 16.5. The van der Waals surface area contributed by atoms with Crippen molar-refractivity contribution in [2.45, 2.75) is 13.0 Å². The maximum atomic E-state index is 10.1. The number of benzene rings is 2. The molecule has 0 saturated carbocycles. The van der Waals surface area contributed by atoms with Gasteiger partial charge in [0.05, 0.1) is 6.10 Å². The van der Waals surface area contributed by atoms with Gasteiger partial charge in [0.25, 0.3) is 0 Å². The number of para-hydroxylation sites is 1. The van der Waals surface area contributed by atoms with Gasteiger partial charge in [-0.15, -0.1) is 0 Å². The largest absolute Gasteiger partial charge is 0.457 e. The molecule has 0 aliphatic heterocycles. The van der Waals surface area contributed by atoms with E-state index in [9.17, 15) is 5.11 Å². The maximum Gasteiger partial charge on any atom is 0.127 e. The topological polar surface area (TPSA) is 49.7 Å². The van der Waals surface area contributed by atoms with Gasteiger partial charge in [0.15, 0.2) is 0 Å². The predicted octanol–water partition coefficient (Wildman–Crippen LogP) is 3.14. The van der Waals surface area contributed by atoms with Crippen molar-refractivity contribution in [1.29, 1.82) is 0 Å². The Kier molecular flexibility index (Phi) is 4.55. The summed E-state index contributed by atoms with van der Waals surface area (Å²) >= 11 is 0. The summed E-state index contributed by atoms with van der Waals surface area (Å²) in [5, 5.41) is 19.1. The average molecular weight is 258 g/mol. The highest BCUT2D eigenvalue weighted by Crippen LogP contribution is 2.27. The van der Waals surface area contributed by atoms with Gasteiger partial charge in [0.2, 0.25) is 0 Å². The maximum absolute atomic E-state index is 10.1. The molecule has 2 atom stereocenters. The van der Waals surface area contributed by atoms with Crippen molar-refractivity contribution >= 4 is 0 Å². The van der Waals surface area contributed by atoms with Gasteiger partial charge in [-0.1, -0.05) is 37.3 Å². The minimum atomic E-state index is -0.690. The second-order valence-electron chi connectivity index (χ2n) is 4.59. The molecule has 3 nitrogen and oxygen atoms in total. The number of ether oxygens (including phenoxy) is 1. The summed E-state index contributed by atoms with van der Waals surface area (Å²) in [4.78, 5) is 0. The Morgan fingerprint density at radius 3 is 2.37 bits per heavy atom. The van der Waals surface area contributed by atoms with E-state index in [0.717, 1.165) is 11.3 Å². The molecular weight excluding hydrogens is 240 g/mol. The lowest BCUT2D eigenvalue weighted by Gasteiger charge is -2.17. The minimum absolute atomic E-state index is 0.0507. The molecule has 19 heavy (non-hydrogen) atoms. The summed E-state index contributed by atoms with van der Waals surface area (Å²) in [5.41, 5.74) is 0.745. The lowest BCUT2D eigenvalue weighted by atomic mass is 9.98. The molecule has 100 valence electrons. The van der Waals surface area contributed by atoms with Gasteiger partial charge in [0, 0.05) is 12.5 Å². The van der Waals surface area contributed by atoms with E-state index in [4.69, 9.17) is 9.84 Å². The molecule has 2 N–H and O–H groups in total. The zero-order chi connectivity index (χ0) is 13.7. The van der Waals surface area contributed by atoms with Crippen LogP contribution in [-0.2, 0) is 0 Å². The minimum Gasteiger partial charge on any atom is -0.457 e. The van der Waals surface area contributed by atoms with Crippen molar-refractivity contribution in [3.63, 3.8) is 0 Å². The van der Waals surface area contributed by atoms with Crippen molar-refractivity contribution in [1.82, 2.24) is 0 Å². The Hall–Kier alpha value is -1.84. The number of hydrogen-bond donors (Lipinski definition) is 2. The Morgan fingerprint density at radius 1 is 1.00 bits per heavy atom. The van der Waals surface area contributed by atoms with E-state index >= 15 is 0 Å². The average Bonchev–Trinajstić information content (AvgIpc) is 2.47. The first-order valence-corrected chi connectivity index (χ1v) is 6.32. The monoisotopic (exact) mass is 258 g/mol. The Labute approximate surface area is 113 Å². The van der Waals surface area contributed by atoms with Gasteiger partial charge >= 0.3 is 0 Å². The number of rotatable bonds is 5. The third kappa shape index (κ3) is 3.56. The second-order valence-corrected chi connectivity index (χ2v) is 4.59. The molecule has 0 radical (unpaired) electrons. The number of aliphatic hydroxyl groups excluding tert-OH is 2. The number of aliphatic hydroxyl groups is 2. The molecule has 0 heterocycles. The molecule has 2 aromatic rings. The summed E-state index contributed by atoms with van der Waals surface area (Å²) in [6, 6.07) is 16.8. The summed E-state index contributed by atoms with van der Waals surface area (Å²) in [6.45, 7) is 1.75. The molecule has 2 aromatic carbocycles. The molecule has 2 rings (SSSR count). The molecule has 0 bridgehead atoms. The van der Waals surface area contributed by atoms with E-state index in [0.29, 0.717) is 5.75 Å². The molecule has 0 aromatic heterocycles. The Bertz CT molecular complexity index is 510. The van der Waals surface area contributed by atoms with Crippen LogP contribution in [0.15, 0.2) is 54.6 Å². The van der Waals surface area contributed by atoms with E-state index in [-0.39, 0.29) is 12.5 Å². The van der Waals surface area contributed by atoms with Crippen LogP contribution in [0.3, 0.4) is 0 Å². The van der Waals surface area contributed by atoms with E-state index in [1.54, 1.807) is 13.0 Å². The van der Waals surface area contributed by atoms with Crippen molar-refractivity contribution < 1.29 is 14.9 Å². The number of hydrogen-bond acceptors (Lipinski definition) is 3. The van der Waals surface area contributed by atoms with Crippen molar-refractivity contribution in [2.24, 2.45) is 5.92 Å². The van der Waals surface area contributed by atoms with Crippen LogP contribution < -0.4 is 4.74 Å². The van der Waals surface area contributed by atoms with Crippen molar-refractivity contribution in [3.8, 4) is 11.5 Å². The van der Waals surface area contributed by atoms with Crippen molar-refractivity contribution in [3.05, 3.63) is 60.2 Å². The van der Waals surface area contributed by atoms with Crippen LogP contribution in [-0.4, -0.2) is 16.8 Å². The SMILES string of the molecule is CC(CO)C(O)c1cccc(Oc2ccccc2)c1. The molecule has 0 spiro atoms. The predicted molar refractivity (Wildman–Crippen MR) is 74.2 cm³/mol. The third-order valence-electron chi connectivity index (χ3n) is 3.01. The molecule has 0 fully saturated rings. The first-order valence-electron chi connectivity index (χ1n) is 6.32. The summed E-state index contributed by atoms with van der Waals surface area (Å²) in [7, 11) is 0. The van der Waals surface area contributed by atoms with Gasteiger partial charge in [0.1, 0.15) is 11.5 Å². The fourth-order valence-electron chi connectivity index (χ4n) is 1.82. The van der Waals surface area contributed by atoms with Crippen LogP contribution in [0.25, 0.3) is 0 Å². The van der Waals surface area contributed by atoms with E-state index in [2.05, 4.69) is 0 Å². The molecule has 0 aliphatic rings. The first-order chi connectivity index (χ1) is 9.20. The highest BCUT2D eigenvalue weighted by molar-refractivity contribution is 5.34. The zero-order valence-corrected chi connectivity index (χ0v) is 10.9. The van der Waals surface area contributed by atoms with Crippen LogP contribution in [0.4, 0.5) is 0 Å². The van der Waals surface area contributed by atoms with Crippen LogP contribution in [0.5, 0.6) is 11.5 Å². The summed E-state index contributed by atoms with van der Waals surface area (Å²) in [6.07, 6.45) is -0.690. The van der Waals surface area contributed by atoms with Crippen LogP contribution in [0.2, 0.25) is 0 Å². The van der Waals surface area contributed by atoms with Crippen LogP contribution >= 0.6 is 0 Å². The molecule has 2 unspecified atom stereocenters. The fraction of sp³-hybridized carbons (Fsp3) is 0.250. The zero-order valence-electron chi connectivity index (χ0n) is 10.9. The molecule has 0 saturated heterocycles. The quantitative estimate of drug-likeness (QED) is 0.866. The van der Waals surface area contributed by atoms with Crippen LogP contribution in [0, 0.1) is 5.92 Å².